The molecule has 6 heteroatoms. The summed E-state index contributed by atoms with van der Waals surface area (Å²) in [5, 5.41) is 2.41. The number of carbonyl (C=O) groups excluding carboxylic acids is 1. The average Bonchev–Trinajstić information content (AvgIpc) is 2.57. The molecule has 0 spiro atoms. The number of nitrogens with two attached hydrogens (primary N) is 1. The molecule has 1 amide bonds. The van der Waals surface area contributed by atoms with Crippen molar-refractivity contribution in [3.05, 3.63) is 22.7 Å². The Balaban J connectivity index is 3.12. The second-order valence-electron chi connectivity index (χ2n) is 3.71. The SMILES string of the molecule is [2H]C([2H])([2H])C([2H])([2H])N(CCNC(=O)c1cc(Cl)c(N)cc1OC)C([2H])([2H])C([2H])([2H])[2H]. The summed E-state index contributed by atoms with van der Waals surface area (Å²) in [4.78, 5) is 12.5. The number of hydrogen-bond acceptors (Lipinski definition) is 4. The Morgan fingerprint density at radius 3 is 2.85 bits per heavy atom. The zero-order valence-corrected chi connectivity index (χ0v) is 11.5. The summed E-state index contributed by atoms with van der Waals surface area (Å²) >= 11 is 5.90. The van der Waals surface area contributed by atoms with Gasteiger partial charge in [0.1, 0.15) is 5.75 Å². The van der Waals surface area contributed by atoms with E-state index in [-0.39, 0.29) is 26.9 Å². The van der Waals surface area contributed by atoms with Gasteiger partial charge >= 0.3 is 0 Å². The number of likely N-dealkylation sites (N-methyl/N-ethyl adjacent to an activating group) is 1. The number of rotatable bonds is 7. The maximum atomic E-state index is 12.4. The van der Waals surface area contributed by atoms with Crippen LogP contribution in [-0.4, -0.2) is 44.0 Å². The number of halogens is 1. The molecule has 0 heterocycles. The maximum Gasteiger partial charge on any atom is 0.255 e. The second-order valence-corrected chi connectivity index (χ2v) is 4.11. The van der Waals surface area contributed by atoms with Crippen molar-refractivity contribution in [2.75, 3.05) is 38.9 Å². The lowest BCUT2D eigenvalue weighted by Crippen LogP contribution is -2.34. The summed E-state index contributed by atoms with van der Waals surface area (Å²) in [7, 11) is 1.29. The smallest absolute Gasteiger partial charge is 0.255 e. The minimum Gasteiger partial charge on any atom is -0.496 e. The number of hydrogen-bond donors (Lipinski definition) is 2. The second kappa shape index (κ2) is 7.97. The van der Waals surface area contributed by atoms with Crippen LogP contribution in [0.3, 0.4) is 0 Å². The number of nitrogens with one attached hydrogen (secondary N) is 1. The molecule has 0 unspecified atom stereocenters. The lowest BCUT2D eigenvalue weighted by molar-refractivity contribution is 0.0946. The van der Waals surface area contributed by atoms with E-state index in [1.165, 1.54) is 19.2 Å². The fourth-order valence-electron chi connectivity index (χ4n) is 1.43. The molecule has 0 aromatic heterocycles. The van der Waals surface area contributed by atoms with Gasteiger partial charge in [-0.25, -0.2) is 0 Å². The van der Waals surface area contributed by atoms with Crippen LogP contribution < -0.4 is 15.8 Å². The van der Waals surface area contributed by atoms with E-state index >= 15 is 0 Å². The Morgan fingerprint density at radius 2 is 2.25 bits per heavy atom. The van der Waals surface area contributed by atoms with Crippen molar-refractivity contribution in [2.45, 2.75) is 13.7 Å². The van der Waals surface area contributed by atoms with Gasteiger partial charge in [0.25, 0.3) is 5.91 Å². The summed E-state index contributed by atoms with van der Waals surface area (Å²) in [5.41, 5.74) is 5.78. The van der Waals surface area contributed by atoms with Crippen LogP contribution in [0.5, 0.6) is 5.75 Å². The first kappa shape index (κ1) is 7.00. The highest BCUT2D eigenvalue weighted by Crippen LogP contribution is 2.28. The van der Waals surface area contributed by atoms with Crippen LogP contribution in [0.2, 0.25) is 5.02 Å². The minimum absolute atomic E-state index is 0.0269. The van der Waals surface area contributed by atoms with Crippen LogP contribution in [0.4, 0.5) is 5.69 Å². The van der Waals surface area contributed by atoms with Gasteiger partial charge in [-0.15, -0.1) is 0 Å². The van der Waals surface area contributed by atoms with Gasteiger partial charge in [-0.3, -0.25) is 4.79 Å². The van der Waals surface area contributed by atoms with E-state index in [1.807, 2.05) is 0 Å². The fourth-order valence-corrected chi connectivity index (χ4v) is 1.60. The Morgan fingerprint density at radius 1 is 1.55 bits per heavy atom. The zero-order chi connectivity index (χ0) is 23.7. The van der Waals surface area contributed by atoms with Gasteiger partial charge in [-0.2, -0.15) is 0 Å². The molecule has 0 fully saturated rings. The standard InChI is InChI=1S/C14H22ClN3O2/c1-4-18(5-2)7-6-17-14(19)10-8-11(15)12(16)9-13(10)20-3/h8-9H,4-7,16H2,1-3H3,(H,17,19)/i1D3,2D3,4D2,5D2. The van der Waals surface area contributed by atoms with E-state index in [2.05, 4.69) is 5.32 Å². The molecule has 0 aliphatic rings. The number of amides is 1. The molecule has 3 N–H and O–H groups in total. The van der Waals surface area contributed by atoms with E-state index in [0.717, 1.165) is 0 Å². The molecule has 0 aliphatic carbocycles. The molecule has 1 rings (SSSR count). The van der Waals surface area contributed by atoms with Gasteiger partial charge in [-0.05, 0) is 19.1 Å². The Kier molecular flexibility index (Phi) is 2.79. The Labute approximate surface area is 139 Å². The number of anilines is 1. The number of ether oxygens (including phenoxy) is 1. The van der Waals surface area contributed by atoms with Crippen molar-refractivity contribution in [3.63, 3.8) is 0 Å². The normalized spacial score (nSPS) is 20.8. The van der Waals surface area contributed by atoms with Crippen molar-refractivity contribution in [3.8, 4) is 5.75 Å². The van der Waals surface area contributed by atoms with Crippen molar-refractivity contribution >= 4 is 23.2 Å². The Hall–Kier alpha value is -1.46. The van der Waals surface area contributed by atoms with Crippen molar-refractivity contribution in [2.24, 2.45) is 0 Å². The molecule has 20 heavy (non-hydrogen) atoms. The first-order valence-corrected chi connectivity index (χ1v) is 5.94. The quantitative estimate of drug-likeness (QED) is 0.756. The van der Waals surface area contributed by atoms with Crippen LogP contribution in [0.1, 0.15) is 37.8 Å². The summed E-state index contributed by atoms with van der Waals surface area (Å²) in [5.74, 6) is -0.667. The van der Waals surface area contributed by atoms with E-state index < -0.39 is 45.7 Å². The molecule has 112 valence electrons. The highest BCUT2D eigenvalue weighted by molar-refractivity contribution is 6.33. The molecular formula is C14H22ClN3O2. The number of benzene rings is 1. The number of methoxy groups -OCH3 is 1. The number of nitrogens with zero attached hydrogens (tertiary/aromatic N) is 1. The number of nitrogen functional groups attached to an aromatic ring is 1. The van der Waals surface area contributed by atoms with Gasteiger partial charge in [0.05, 0.1) is 23.4 Å². The largest absolute Gasteiger partial charge is 0.496 e. The van der Waals surface area contributed by atoms with Crippen LogP contribution in [0.25, 0.3) is 0 Å². The first-order chi connectivity index (χ1) is 13.4. The minimum atomic E-state index is -3.36. The average molecular weight is 310 g/mol. The van der Waals surface area contributed by atoms with Gasteiger partial charge in [-0.1, -0.05) is 25.3 Å². The van der Waals surface area contributed by atoms with Gasteiger partial charge in [0.15, 0.2) is 0 Å². The summed E-state index contributed by atoms with van der Waals surface area (Å²) in [6.45, 7) is -14.6. The molecule has 0 atom stereocenters. The zero-order valence-electron chi connectivity index (χ0n) is 20.8. The van der Waals surface area contributed by atoms with Crippen molar-refractivity contribution in [1.82, 2.24) is 10.2 Å². The topological polar surface area (TPSA) is 67.6 Å². The highest BCUT2D eigenvalue weighted by atomic mass is 35.5. The lowest BCUT2D eigenvalue weighted by Gasteiger charge is -2.18. The molecule has 0 aliphatic heterocycles. The third kappa shape index (κ3) is 4.28. The summed E-state index contributed by atoms with van der Waals surface area (Å²) in [6, 6.07) is 2.54. The predicted octanol–water partition coefficient (Wildman–Crippen LogP) is 2.00. The molecule has 1 aromatic rings. The van der Waals surface area contributed by atoms with Crippen LogP contribution in [0, 0.1) is 0 Å². The third-order valence-corrected chi connectivity index (χ3v) is 2.78. The molecule has 0 saturated heterocycles. The highest BCUT2D eigenvalue weighted by Gasteiger charge is 2.14. The van der Waals surface area contributed by atoms with Crippen molar-refractivity contribution in [1.29, 1.82) is 0 Å². The summed E-state index contributed by atoms with van der Waals surface area (Å²) in [6.07, 6.45) is 0. The number of carbonyl (C=O) groups is 1. The van der Waals surface area contributed by atoms with E-state index in [9.17, 15) is 4.79 Å². The fraction of sp³-hybridized carbons (Fsp3) is 0.500. The van der Waals surface area contributed by atoms with E-state index in [4.69, 9.17) is 35.8 Å². The molecule has 1 aromatic carbocycles. The first-order valence-electron chi connectivity index (χ1n) is 10.6. The summed E-state index contributed by atoms with van der Waals surface area (Å²) < 4.78 is 80.3. The van der Waals surface area contributed by atoms with Crippen LogP contribution in [-0.2, 0) is 0 Å². The van der Waals surface area contributed by atoms with Crippen LogP contribution >= 0.6 is 11.6 Å². The lowest BCUT2D eigenvalue weighted by atomic mass is 10.1. The van der Waals surface area contributed by atoms with E-state index in [0.29, 0.717) is 0 Å². The monoisotopic (exact) mass is 309 g/mol. The van der Waals surface area contributed by atoms with Gasteiger partial charge < -0.3 is 20.7 Å². The van der Waals surface area contributed by atoms with E-state index in [1.54, 1.807) is 0 Å². The molecule has 0 bridgehead atoms. The molecule has 0 saturated carbocycles. The molecular weight excluding hydrogens is 278 g/mol. The molecule has 0 radical (unpaired) electrons. The van der Waals surface area contributed by atoms with Gasteiger partial charge in [0.2, 0.25) is 0 Å². The predicted molar refractivity (Wildman–Crippen MR) is 82.5 cm³/mol. The molecule has 5 nitrogen and oxygen atoms in total. The third-order valence-electron chi connectivity index (χ3n) is 2.45. The Bertz CT molecular complexity index is 756. The maximum absolute atomic E-state index is 12.4. The van der Waals surface area contributed by atoms with Crippen molar-refractivity contribution < 1.29 is 23.2 Å². The van der Waals surface area contributed by atoms with Gasteiger partial charge in [0, 0.05) is 32.9 Å². The van der Waals surface area contributed by atoms with Crippen LogP contribution in [0.15, 0.2) is 12.1 Å².